The molecule has 0 fully saturated rings. The third-order valence-corrected chi connectivity index (χ3v) is 5.96. The Morgan fingerprint density at radius 2 is 1.96 bits per heavy atom. The van der Waals surface area contributed by atoms with E-state index in [1.54, 1.807) is 25.3 Å². The number of sulfonamides is 1. The predicted octanol–water partition coefficient (Wildman–Crippen LogP) is 5.01. The Hall–Kier alpha value is -1.54. The van der Waals surface area contributed by atoms with Crippen LogP contribution in [0.4, 0.5) is 5.13 Å². The number of hydrogen-bond acceptors (Lipinski definition) is 5. The highest BCUT2D eigenvalue weighted by atomic mass is 35.5. The lowest BCUT2D eigenvalue weighted by atomic mass is 10.3. The van der Waals surface area contributed by atoms with Crippen LogP contribution in [0.15, 0.2) is 41.3 Å². The van der Waals surface area contributed by atoms with Gasteiger partial charge in [-0.1, -0.05) is 29.3 Å². The van der Waals surface area contributed by atoms with Gasteiger partial charge in [-0.15, -0.1) is 11.3 Å². The molecular weight excluding hydrogens is 379 g/mol. The van der Waals surface area contributed by atoms with Crippen molar-refractivity contribution in [2.45, 2.75) is 4.90 Å². The molecule has 23 heavy (non-hydrogen) atoms. The van der Waals surface area contributed by atoms with Crippen LogP contribution in [0.3, 0.4) is 0 Å². The minimum Gasteiger partial charge on any atom is -0.497 e. The highest BCUT2D eigenvalue weighted by Gasteiger charge is 2.15. The number of thiazole rings is 1. The van der Waals surface area contributed by atoms with E-state index in [9.17, 15) is 8.42 Å². The zero-order valence-electron chi connectivity index (χ0n) is 11.7. The molecular formula is C14H9Cl2N2O3S2-. The molecule has 0 N–H and O–H groups in total. The molecule has 3 aromatic rings. The summed E-state index contributed by atoms with van der Waals surface area (Å²) in [5, 5.41) is 0.433. The smallest absolute Gasteiger partial charge is 0.204 e. The van der Waals surface area contributed by atoms with E-state index in [2.05, 4.69) is 9.71 Å². The summed E-state index contributed by atoms with van der Waals surface area (Å²) in [7, 11) is -2.45. The van der Waals surface area contributed by atoms with Gasteiger partial charge in [0.2, 0.25) is 10.0 Å². The van der Waals surface area contributed by atoms with Gasteiger partial charge in [0.1, 0.15) is 5.75 Å². The van der Waals surface area contributed by atoms with E-state index in [0.717, 1.165) is 16.0 Å². The van der Waals surface area contributed by atoms with Crippen LogP contribution in [-0.2, 0) is 10.0 Å². The summed E-state index contributed by atoms with van der Waals surface area (Å²) in [6.45, 7) is 0. The number of halogens is 2. The first kappa shape index (κ1) is 16.3. The summed E-state index contributed by atoms with van der Waals surface area (Å²) in [5.74, 6) is 0.661. The number of fused-ring (bicyclic) bond motifs is 1. The molecule has 0 atom stereocenters. The quantitative estimate of drug-likeness (QED) is 0.630. The molecule has 0 spiro atoms. The van der Waals surface area contributed by atoms with Crippen LogP contribution < -0.4 is 4.74 Å². The summed E-state index contributed by atoms with van der Waals surface area (Å²) in [6.07, 6.45) is 0. The molecule has 2 aromatic carbocycles. The largest absolute Gasteiger partial charge is 0.497 e. The van der Waals surface area contributed by atoms with Crippen molar-refractivity contribution in [3.05, 3.63) is 51.2 Å². The van der Waals surface area contributed by atoms with Gasteiger partial charge in [-0.25, -0.2) is 8.42 Å². The highest BCUT2D eigenvalue weighted by molar-refractivity contribution is 7.94. The number of methoxy groups -OCH3 is 1. The predicted molar refractivity (Wildman–Crippen MR) is 92.8 cm³/mol. The van der Waals surface area contributed by atoms with Crippen LogP contribution in [0.2, 0.25) is 10.0 Å². The van der Waals surface area contributed by atoms with Crippen LogP contribution in [0.5, 0.6) is 5.75 Å². The maximum Gasteiger partial charge on any atom is 0.204 e. The summed E-state index contributed by atoms with van der Waals surface area (Å²) in [5.41, 5.74) is 0.641. The van der Waals surface area contributed by atoms with Gasteiger partial charge in [0.05, 0.1) is 17.0 Å². The Labute approximate surface area is 146 Å². The first-order chi connectivity index (χ1) is 10.9. The van der Waals surface area contributed by atoms with Crippen molar-refractivity contribution >= 4 is 59.9 Å². The van der Waals surface area contributed by atoms with E-state index in [-0.39, 0.29) is 20.1 Å². The summed E-state index contributed by atoms with van der Waals surface area (Å²) in [4.78, 5) is 4.04. The minimum absolute atomic E-state index is 0.0564. The molecule has 0 aliphatic rings. The van der Waals surface area contributed by atoms with E-state index < -0.39 is 10.0 Å². The van der Waals surface area contributed by atoms with Crippen molar-refractivity contribution in [2.75, 3.05) is 7.11 Å². The van der Waals surface area contributed by atoms with Crippen LogP contribution >= 0.6 is 34.5 Å². The number of hydrogen-bond donors (Lipinski definition) is 0. The van der Waals surface area contributed by atoms with E-state index in [0.29, 0.717) is 11.3 Å². The van der Waals surface area contributed by atoms with Gasteiger partial charge in [0, 0.05) is 14.9 Å². The van der Waals surface area contributed by atoms with E-state index in [1.165, 1.54) is 18.2 Å². The SMILES string of the molecule is COc1ccc2nc([N-]S(=O)(=O)c3cc(Cl)ccc3Cl)sc2c1. The molecule has 0 saturated carbocycles. The molecule has 9 heteroatoms. The zero-order valence-corrected chi connectivity index (χ0v) is 14.8. The molecule has 0 unspecified atom stereocenters. The van der Waals surface area contributed by atoms with Crippen molar-refractivity contribution in [1.29, 1.82) is 0 Å². The van der Waals surface area contributed by atoms with Gasteiger partial charge >= 0.3 is 0 Å². The third kappa shape index (κ3) is 3.37. The number of ether oxygens (including phenoxy) is 1. The average Bonchev–Trinajstić information content (AvgIpc) is 2.89. The van der Waals surface area contributed by atoms with Gasteiger partial charge in [-0.2, -0.15) is 0 Å². The first-order valence-electron chi connectivity index (χ1n) is 6.27. The van der Waals surface area contributed by atoms with Gasteiger partial charge < -0.3 is 14.4 Å². The number of rotatable bonds is 4. The molecule has 3 rings (SSSR count). The molecule has 0 bridgehead atoms. The second-order valence-corrected chi connectivity index (χ2v) is 7.90. The molecule has 0 radical (unpaired) electrons. The monoisotopic (exact) mass is 387 g/mol. The van der Waals surface area contributed by atoms with Gasteiger partial charge in [0.15, 0.2) is 0 Å². The minimum atomic E-state index is -4.00. The van der Waals surface area contributed by atoms with Crippen LogP contribution in [0.25, 0.3) is 14.9 Å². The summed E-state index contributed by atoms with van der Waals surface area (Å²) < 4.78 is 34.5. The topological polar surface area (TPSA) is 70.4 Å². The fourth-order valence-electron chi connectivity index (χ4n) is 1.89. The van der Waals surface area contributed by atoms with Gasteiger partial charge in [0.25, 0.3) is 0 Å². The van der Waals surface area contributed by atoms with Crippen molar-refractivity contribution < 1.29 is 13.2 Å². The van der Waals surface area contributed by atoms with Crippen molar-refractivity contribution in [3.8, 4) is 5.75 Å². The Morgan fingerprint density at radius 3 is 2.70 bits per heavy atom. The van der Waals surface area contributed by atoms with Crippen molar-refractivity contribution in [1.82, 2.24) is 4.98 Å². The highest BCUT2D eigenvalue weighted by Crippen LogP contribution is 2.38. The number of nitrogens with zero attached hydrogens (tertiary/aromatic N) is 2. The summed E-state index contributed by atoms with van der Waals surface area (Å²) in [6, 6.07) is 9.43. The normalized spacial score (nSPS) is 11.6. The Balaban J connectivity index is 1.98. The molecule has 1 heterocycles. The molecule has 0 amide bonds. The molecule has 0 aliphatic carbocycles. The second-order valence-electron chi connectivity index (χ2n) is 4.47. The third-order valence-electron chi connectivity index (χ3n) is 2.95. The summed E-state index contributed by atoms with van der Waals surface area (Å²) >= 11 is 12.9. The lowest BCUT2D eigenvalue weighted by molar-refractivity contribution is 0.415. The number of aromatic nitrogens is 1. The van der Waals surface area contributed by atoms with Gasteiger partial charge in [-0.3, -0.25) is 0 Å². The van der Waals surface area contributed by atoms with Crippen molar-refractivity contribution in [2.24, 2.45) is 0 Å². The maximum absolute atomic E-state index is 12.4. The Bertz CT molecular complexity index is 987. The molecule has 0 aliphatic heterocycles. The fraction of sp³-hybridized carbons (Fsp3) is 0.0714. The zero-order chi connectivity index (χ0) is 16.6. The standard InChI is InChI=1S/C14H9Cl2N2O3S2/c1-21-9-3-5-11-12(7-9)22-14(17-11)18-23(19,20)13-6-8(15)2-4-10(13)16/h2-7H,1H3/q-1. The van der Waals surface area contributed by atoms with E-state index >= 15 is 0 Å². The van der Waals surface area contributed by atoms with Crippen molar-refractivity contribution in [3.63, 3.8) is 0 Å². The van der Waals surface area contributed by atoms with E-state index in [4.69, 9.17) is 27.9 Å². The van der Waals surface area contributed by atoms with E-state index in [1.807, 2.05) is 0 Å². The molecule has 1 aromatic heterocycles. The maximum atomic E-state index is 12.4. The fourth-order valence-corrected chi connectivity index (χ4v) is 4.65. The Morgan fingerprint density at radius 1 is 1.17 bits per heavy atom. The molecule has 120 valence electrons. The van der Waals surface area contributed by atoms with Crippen LogP contribution in [-0.4, -0.2) is 20.5 Å². The average molecular weight is 388 g/mol. The first-order valence-corrected chi connectivity index (χ1v) is 9.28. The lowest BCUT2D eigenvalue weighted by Crippen LogP contribution is -1.98. The molecule has 5 nitrogen and oxygen atoms in total. The van der Waals surface area contributed by atoms with Crippen LogP contribution in [0, 0.1) is 0 Å². The van der Waals surface area contributed by atoms with Crippen LogP contribution in [0.1, 0.15) is 0 Å². The van der Waals surface area contributed by atoms with Gasteiger partial charge in [-0.05, 0) is 35.8 Å². The molecule has 0 saturated heterocycles. The Kier molecular flexibility index (Phi) is 4.37. The number of benzene rings is 2. The second kappa shape index (κ2) is 6.16. The lowest BCUT2D eigenvalue weighted by Gasteiger charge is -2.13.